The zero-order chi connectivity index (χ0) is 18.4. The smallest absolute Gasteiger partial charge is 0.193 e. The maximum absolute atomic E-state index is 12.9. The van der Waals surface area contributed by atoms with E-state index in [4.69, 9.17) is 9.73 Å². The predicted molar refractivity (Wildman–Crippen MR) is 102 cm³/mol. The van der Waals surface area contributed by atoms with E-state index in [1.165, 1.54) is 25.2 Å². The second-order valence-electron chi connectivity index (χ2n) is 6.91. The summed E-state index contributed by atoms with van der Waals surface area (Å²) in [6.45, 7) is 10.8. The molecule has 0 amide bonds. The molecule has 0 spiro atoms. The third kappa shape index (κ3) is 5.08. The lowest BCUT2D eigenvalue weighted by Crippen LogP contribution is -2.62. The van der Waals surface area contributed by atoms with Gasteiger partial charge in [-0.3, -0.25) is 14.8 Å². The number of hydrogen-bond acceptors (Lipinski definition) is 4. The van der Waals surface area contributed by atoms with Crippen LogP contribution in [0.4, 0.5) is 4.39 Å². The van der Waals surface area contributed by atoms with Crippen molar-refractivity contribution in [2.45, 2.75) is 13.0 Å². The van der Waals surface area contributed by atoms with Crippen molar-refractivity contribution in [3.63, 3.8) is 0 Å². The fraction of sp³-hybridized carbons (Fsp3) is 0.632. The minimum Gasteiger partial charge on any atom is -0.492 e. The van der Waals surface area contributed by atoms with Crippen LogP contribution in [0.25, 0.3) is 0 Å². The number of ether oxygens (including phenoxy) is 1. The van der Waals surface area contributed by atoms with Crippen molar-refractivity contribution < 1.29 is 9.13 Å². The van der Waals surface area contributed by atoms with Gasteiger partial charge in [0.2, 0.25) is 0 Å². The molecule has 1 aromatic rings. The molecule has 4 rings (SSSR count). The molecule has 1 atom stereocenters. The van der Waals surface area contributed by atoms with Crippen LogP contribution >= 0.6 is 0 Å². The second kappa shape index (κ2) is 9.19. The van der Waals surface area contributed by atoms with E-state index in [-0.39, 0.29) is 5.82 Å². The first-order valence-corrected chi connectivity index (χ1v) is 9.50. The van der Waals surface area contributed by atoms with E-state index in [9.17, 15) is 4.39 Å². The molecule has 2 bridgehead atoms. The number of likely N-dealkylation sites (N-methyl/N-ethyl adjacent to an activating group) is 1. The molecule has 3 aliphatic rings. The minimum absolute atomic E-state index is 0.250. The first-order valence-electron chi connectivity index (χ1n) is 9.50. The summed E-state index contributed by atoms with van der Waals surface area (Å²) in [6.07, 6.45) is 0. The summed E-state index contributed by atoms with van der Waals surface area (Å²) in [5.74, 6) is 1.34. The number of benzene rings is 1. The molecule has 0 aromatic heterocycles. The summed E-state index contributed by atoms with van der Waals surface area (Å²) < 4.78 is 18.6. The van der Waals surface area contributed by atoms with Gasteiger partial charge in [0, 0.05) is 52.4 Å². The third-order valence-electron chi connectivity index (χ3n) is 5.05. The van der Waals surface area contributed by atoms with Gasteiger partial charge in [0.05, 0.1) is 13.1 Å². The zero-order valence-electron chi connectivity index (χ0n) is 15.8. The van der Waals surface area contributed by atoms with Crippen LogP contribution in [0.3, 0.4) is 0 Å². The Morgan fingerprint density at radius 3 is 2.62 bits per heavy atom. The monoisotopic (exact) mass is 363 g/mol. The Balaban J connectivity index is 1.48. The van der Waals surface area contributed by atoms with E-state index in [0.717, 1.165) is 38.7 Å². The van der Waals surface area contributed by atoms with E-state index < -0.39 is 0 Å². The van der Waals surface area contributed by atoms with Gasteiger partial charge in [-0.2, -0.15) is 0 Å². The summed E-state index contributed by atoms with van der Waals surface area (Å²) in [5.41, 5.74) is 0. The van der Waals surface area contributed by atoms with Crippen molar-refractivity contribution in [2.75, 3.05) is 66.0 Å². The third-order valence-corrected chi connectivity index (χ3v) is 5.05. The highest BCUT2D eigenvalue weighted by molar-refractivity contribution is 5.79. The largest absolute Gasteiger partial charge is 0.492 e. The molecule has 1 aromatic carbocycles. The summed E-state index contributed by atoms with van der Waals surface area (Å²) in [5, 5.41) is 3.36. The van der Waals surface area contributed by atoms with Gasteiger partial charge >= 0.3 is 0 Å². The van der Waals surface area contributed by atoms with Crippen molar-refractivity contribution in [3.8, 4) is 5.75 Å². The molecule has 0 radical (unpaired) electrons. The maximum atomic E-state index is 12.9. The Hall–Kier alpha value is -1.86. The average Bonchev–Trinajstić information content (AvgIpc) is 2.67. The molecule has 0 saturated carbocycles. The molecule has 3 saturated heterocycles. The molecule has 3 heterocycles. The first kappa shape index (κ1) is 18.9. The summed E-state index contributed by atoms with van der Waals surface area (Å²) in [6, 6.07) is 6.64. The van der Waals surface area contributed by atoms with E-state index >= 15 is 0 Å². The highest BCUT2D eigenvalue weighted by Gasteiger charge is 2.31. The maximum Gasteiger partial charge on any atom is 0.193 e. The molecular weight excluding hydrogens is 333 g/mol. The van der Waals surface area contributed by atoms with Crippen molar-refractivity contribution >= 4 is 5.96 Å². The fourth-order valence-electron chi connectivity index (χ4n) is 3.50. The van der Waals surface area contributed by atoms with Gasteiger partial charge in [0.25, 0.3) is 0 Å². The van der Waals surface area contributed by atoms with Crippen LogP contribution in [0.2, 0.25) is 0 Å². The number of fused-ring (bicyclic) bond motifs is 3. The van der Waals surface area contributed by atoms with E-state index in [1.807, 2.05) is 7.05 Å². The standard InChI is InChI=1S/C19H30FN5O/c1-3-21-19(22-14-17-15-24-8-10-25(17)11-9-24)23(2)12-13-26-18-6-4-16(20)5-7-18/h4-7,17H,3,8-15H2,1-2H3,(H,21,22). The number of piperazine rings is 3. The van der Waals surface area contributed by atoms with Gasteiger partial charge in [-0.25, -0.2) is 4.39 Å². The molecule has 1 unspecified atom stereocenters. The summed E-state index contributed by atoms with van der Waals surface area (Å²) in [4.78, 5) is 12.0. The number of rotatable bonds is 7. The number of nitrogens with zero attached hydrogens (tertiary/aromatic N) is 4. The molecule has 0 aliphatic carbocycles. The highest BCUT2D eigenvalue weighted by Crippen LogP contribution is 2.15. The van der Waals surface area contributed by atoms with Crippen LogP contribution in [0.5, 0.6) is 5.75 Å². The Morgan fingerprint density at radius 2 is 2.00 bits per heavy atom. The molecule has 6 nitrogen and oxygen atoms in total. The Labute approximate surface area is 155 Å². The number of hydrogen-bond donors (Lipinski definition) is 1. The molecule has 7 heteroatoms. The molecule has 1 N–H and O–H groups in total. The van der Waals surface area contributed by atoms with Crippen LogP contribution < -0.4 is 10.1 Å². The number of nitrogens with one attached hydrogen (secondary N) is 1. The van der Waals surface area contributed by atoms with E-state index in [0.29, 0.717) is 24.9 Å². The lowest BCUT2D eigenvalue weighted by molar-refractivity contribution is 0.0173. The molecule has 3 aliphatic heterocycles. The quantitative estimate of drug-likeness (QED) is 0.581. The topological polar surface area (TPSA) is 43.3 Å². The van der Waals surface area contributed by atoms with Crippen LogP contribution in [-0.4, -0.2) is 92.7 Å². The summed E-state index contributed by atoms with van der Waals surface area (Å²) in [7, 11) is 2.02. The fourth-order valence-corrected chi connectivity index (χ4v) is 3.50. The van der Waals surface area contributed by atoms with Crippen LogP contribution in [0.15, 0.2) is 29.3 Å². The molecule has 26 heavy (non-hydrogen) atoms. The van der Waals surface area contributed by atoms with Crippen molar-refractivity contribution in [2.24, 2.45) is 4.99 Å². The van der Waals surface area contributed by atoms with Gasteiger partial charge in [0.1, 0.15) is 18.2 Å². The number of guanidine groups is 1. The normalized spacial score (nSPS) is 25.2. The number of aliphatic imine (C=N–C) groups is 1. The molecule has 144 valence electrons. The van der Waals surface area contributed by atoms with E-state index in [1.54, 1.807) is 12.1 Å². The van der Waals surface area contributed by atoms with E-state index in [2.05, 4.69) is 26.9 Å². The predicted octanol–water partition coefficient (Wildman–Crippen LogP) is 1.10. The number of halogens is 1. The lowest BCUT2D eigenvalue weighted by atomic mass is 10.1. The first-order chi connectivity index (χ1) is 12.7. The SMILES string of the molecule is CCNC(=NCC1CN2CCN1CC2)N(C)CCOc1ccc(F)cc1. The second-order valence-corrected chi connectivity index (χ2v) is 6.91. The van der Waals surface area contributed by atoms with Crippen LogP contribution in [0, 0.1) is 5.82 Å². The molecule has 3 fully saturated rings. The van der Waals surface area contributed by atoms with Gasteiger partial charge < -0.3 is 15.0 Å². The Morgan fingerprint density at radius 1 is 1.27 bits per heavy atom. The summed E-state index contributed by atoms with van der Waals surface area (Å²) >= 11 is 0. The lowest BCUT2D eigenvalue weighted by Gasteiger charge is -2.47. The van der Waals surface area contributed by atoms with Crippen molar-refractivity contribution in [3.05, 3.63) is 30.1 Å². The van der Waals surface area contributed by atoms with Gasteiger partial charge in [-0.1, -0.05) is 0 Å². The molecular formula is C19H30FN5O. The highest BCUT2D eigenvalue weighted by atomic mass is 19.1. The van der Waals surface area contributed by atoms with Crippen LogP contribution in [0.1, 0.15) is 6.92 Å². The average molecular weight is 363 g/mol. The van der Waals surface area contributed by atoms with Gasteiger partial charge in [0.15, 0.2) is 5.96 Å². The van der Waals surface area contributed by atoms with Crippen LogP contribution in [-0.2, 0) is 0 Å². The zero-order valence-corrected chi connectivity index (χ0v) is 15.8. The Kier molecular flexibility index (Phi) is 6.68. The van der Waals surface area contributed by atoms with Crippen molar-refractivity contribution in [1.29, 1.82) is 0 Å². The Bertz CT molecular complexity index is 586. The van der Waals surface area contributed by atoms with Crippen molar-refractivity contribution in [1.82, 2.24) is 20.0 Å². The minimum atomic E-state index is -0.250. The van der Waals surface area contributed by atoms with Gasteiger partial charge in [-0.05, 0) is 31.2 Å². The van der Waals surface area contributed by atoms with Gasteiger partial charge in [-0.15, -0.1) is 0 Å².